The molecule has 0 aromatic heterocycles. The highest BCUT2D eigenvalue weighted by Gasteiger charge is 2.06. The second kappa shape index (κ2) is 25.0. The molecule has 0 spiro atoms. The Morgan fingerprint density at radius 1 is 0.533 bits per heavy atom. The van der Waals surface area contributed by atoms with Crippen molar-refractivity contribution < 1.29 is 0 Å². The lowest BCUT2D eigenvalue weighted by Crippen LogP contribution is -1.99. The minimum Gasteiger partial charge on any atom is -0.0885 e. The first-order chi connectivity index (χ1) is 14.7. The zero-order valence-electron chi connectivity index (χ0n) is 21.3. The minimum absolute atomic E-state index is 0.947. The van der Waals surface area contributed by atoms with Gasteiger partial charge in [0.05, 0.1) is 0 Å². The molecule has 30 heavy (non-hydrogen) atoms. The molecule has 0 rings (SSSR count). The Hall–Kier alpha value is -0.260. The maximum atomic E-state index is 3.98. The molecule has 2 unspecified atom stereocenters. The van der Waals surface area contributed by atoms with Crippen molar-refractivity contribution >= 4 is 0 Å². The van der Waals surface area contributed by atoms with E-state index in [1.807, 2.05) is 0 Å². The molecule has 0 aliphatic heterocycles. The van der Waals surface area contributed by atoms with Crippen LogP contribution in [0, 0.1) is 25.7 Å². The summed E-state index contributed by atoms with van der Waals surface area (Å²) in [6.45, 7) is 12.7. The van der Waals surface area contributed by atoms with E-state index >= 15 is 0 Å². The van der Waals surface area contributed by atoms with Gasteiger partial charge >= 0.3 is 0 Å². The van der Waals surface area contributed by atoms with E-state index in [0.717, 1.165) is 31.1 Å². The predicted octanol–water partition coefficient (Wildman–Crippen LogP) is 11.1. The number of hydrogen-bond donors (Lipinski definition) is 0. The number of unbranched alkanes of at least 4 members (excludes halogenated alkanes) is 13. The lowest BCUT2D eigenvalue weighted by Gasteiger charge is -2.14. The first kappa shape index (κ1) is 29.7. The normalized spacial score (nSPS) is 13.9. The van der Waals surface area contributed by atoms with Gasteiger partial charge in [0.1, 0.15) is 0 Å². The topological polar surface area (TPSA) is 0 Å². The fourth-order valence-electron chi connectivity index (χ4n) is 4.58. The Balaban J connectivity index is 3.29. The van der Waals surface area contributed by atoms with Gasteiger partial charge in [-0.2, -0.15) is 0 Å². The number of hydrogen-bond acceptors (Lipinski definition) is 0. The van der Waals surface area contributed by atoms with Gasteiger partial charge in [-0.25, -0.2) is 0 Å². The van der Waals surface area contributed by atoms with Crippen molar-refractivity contribution in [1.29, 1.82) is 0 Å². The quantitative estimate of drug-likeness (QED) is 0.108. The summed E-state index contributed by atoms with van der Waals surface area (Å²) in [5, 5.41) is 0. The van der Waals surface area contributed by atoms with Gasteiger partial charge in [0.2, 0.25) is 0 Å². The van der Waals surface area contributed by atoms with Crippen LogP contribution in [0.4, 0.5) is 0 Å². The third-order valence-electron chi connectivity index (χ3n) is 6.85. The highest BCUT2D eigenvalue weighted by molar-refractivity contribution is 4.81. The Morgan fingerprint density at radius 3 is 1.53 bits per heavy atom. The molecule has 0 aromatic carbocycles. The zero-order valence-corrected chi connectivity index (χ0v) is 21.3. The molecular weight excluding hydrogens is 360 g/mol. The second-order valence-electron chi connectivity index (χ2n) is 9.89. The van der Waals surface area contributed by atoms with E-state index in [1.54, 1.807) is 0 Å². The van der Waals surface area contributed by atoms with E-state index in [4.69, 9.17) is 0 Å². The summed E-state index contributed by atoms with van der Waals surface area (Å²) in [6.07, 6.45) is 35.1. The smallest absolute Gasteiger partial charge is 0.0351 e. The van der Waals surface area contributed by atoms with Crippen molar-refractivity contribution in [2.24, 2.45) is 11.8 Å². The molecule has 0 N–H and O–H groups in total. The van der Waals surface area contributed by atoms with E-state index in [2.05, 4.69) is 39.8 Å². The van der Waals surface area contributed by atoms with E-state index < -0.39 is 0 Å². The third kappa shape index (κ3) is 22.4. The van der Waals surface area contributed by atoms with Gasteiger partial charge in [0, 0.05) is 0 Å². The molecule has 0 fully saturated rings. The maximum Gasteiger partial charge on any atom is -0.0351 e. The number of allylic oxidation sites excluding steroid dienone is 2. The van der Waals surface area contributed by atoms with Gasteiger partial charge in [-0.05, 0) is 37.5 Å². The van der Waals surface area contributed by atoms with Gasteiger partial charge in [-0.3, -0.25) is 0 Å². The van der Waals surface area contributed by atoms with Crippen LogP contribution < -0.4 is 0 Å². The Morgan fingerprint density at radius 2 is 1.00 bits per heavy atom. The fraction of sp³-hybridized carbons (Fsp3) is 0.867. The van der Waals surface area contributed by atoms with Crippen LogP contribution in [-0.2, 0) is 0 Å². The van der Waals surface area contributed by atoms with Gasteiger partial charge in [-0.15, -0.1) is 0 Å². The molecule has 0 aromatic rings. The summed E-state index contributed by atoms with van der Waals surface area (Å²) in [4.78, 5) is 0. The predicted molar refractivity (Wildman–Crippen MR) is 140 cm³/mol. The van der Waals surface area contributed by atoms with E-state index in [1.165, 1.54) is 122 Å². The second-order valence-corrected chi connectivity index (χ2v) is 9.89. The molecule has 0 aliphatic rings. The summed E-state index contributed by atoms with van der Waals surface area (Å²) in [5.41, 5.74) is 0. The molecule has 0 bridgehead atoms. The Labute approximate surface area is 193 Å². The highest BCUT2D eigenvalue weighted by Crippen LogP contribution is 2.22. The zero-order chi connectivity index (χ0) is 22.1. The van der Waals surface area contributed by atoms with Crippen molar-refractivity contribution in [1.82, 2.24) is 0 Å². The SMILES string of the molecule is [CH2]CC/C=C/CCCCCCCCCC(C)CCCCCCCC(CC)CCC[CH2]. The van der Waals surface area contributed by atoms with Crippen LogP contribution in [0.3, 0.4) is 0 Å². The highest BCUT2D eigenvalue weighted by atomic mass is 14.1. The van der Waals surface area contributed by atoms with Crippen LogP contribution in [0.5, 0.6) is 0 Å². The molecule has 0 amide bonds. The van der Waals surface area contributed by atoms with Crippen molar-refractivity contribution in [3.63, 3.8) is 0 Å². The molecule has 0 heterocycles. The van der Waals surface area contributed by atoms with Crippen LogP contribution in [-0.4, -0.2) is 0 Å². The maximum absolute atomic E-state index is 3.98. The summed E-state index contributed by atoms with van der Waals surface area (Å²) in [6, 6.07) is 0. The van der Waals surface area contributed by atoms with Crippen molar-refractivity contribution in [2.45, 2.75) is 155 Å². The van der Waals surface area contributed by atoms with Crippen LogP contribution in [0.25, 0.3) is 0 Å². The van der Waals surface area contributed by atoms with Crippen LogP contribution in [0.15, 0.2) is 12.2 Å². The summed E-state index contributed by atoms with van der Waals surface area (Å²) >= 11 is 0. The van der Waals surface area contributed by atoms with Crippen LogP contribution >= 0.6 is 0 Å². The first-order valence-electron chi connectivity index (χ1n) is 14.0. The van der Waals surface area contributed by atoms with E-state index in [0.29, 0.717) is 0 Å². The number of rotatable bonds is 24. The standard InChI is InChI=1S/C30H58/c1-5-8-10-11-12-13-14-15-16-17-19-22-25-29(4)26-23-20-18-21-24-28-30(7-3)27-9-6-2/h10-11,29-30H,1-2,5-9,12-28H2,3-4H3/b11-10+. The summed E-state index contributed by atoms with van der Waals surface area (Å²) in [5.74, 6) is 1.92. The Bertz CT molecular complexity index is 329. The largest absolute Gasteiger partial charge is 0.0885 e. The summed E-state index contributed by atoms with van der Waals surface area (Å²) < 4.78 is 0. The van der Waals surface area contributed by atoms with Gasteiger partial charge in [0.25, 0.3) is 0 Å². The molecule has 0 heteroatoms. The van der Waals surface area contributed by atoms with E-state index in [-0.39, 0.29) is 0 Å². The van der Waals surface area contributed by atoms with Crippen molar-refractivity contribution in [2.75, 3.05) is 0 Å². The van der Waals surface area contributed by atoms with Crippen molar-refractivity contribution in [3.05, 3.63) is 26.0 Å². The van der Waals surface area contributed by atoms with Gasteiger partial charge < -0.3 is 0 Å². The summed E-state index contributed by atoms with van der Waals surface area (Å²) in [7, 11) is 0. The first-order valence-corrected chi connectivity index (χ1v) is 14.0. The monoisotopic (exact) mass is 418 g/mol. The lowest BCUT2D eigenvalue weighted by molar-refractivity contribution is 0.397. The molecule has 2 radical (unpaired) electrons. The Kier molecular flexibility index (Phi) is 24.8. The van der Waals surface area contributed by atoms with Gasteiger partial charge in [-0.1, -0.05) is 155 Å². The minimum atomic E-state index is 0.947. The molecule has 0 nitrogen and oxygen atoms in total. The average molecular weight is 419 g/mol. The molecule has 0 saturated carbocycles. The molecule has 0 saturated heterocycles. The van der Waals surface area contributed by atoms with Gasteiger partial charge in [0.15, 0.2) is 0 Å². The molecule has 0 aliphatic carbocycles. The average Bonchev–Trinajstić information content (AvgIpc) is 2.75. The van der Waals surface area contributed by atoms with Crippen molar-refractivity contribution in [3.8, 4) is 0 Å². The fourth-order valence-corrected chi connectivity index (χ4v) is 4.58. The molecule has 178 valence electrons. The van der Waals surface area contributed by atoms with Crippen LogP contribution in [0.2, 0.25) is 0 Å². The molecular formula is C30H58. The lowest BCUT2D eigenvalue weighted by atomic mass is 9.92. The molecule has 2 atom stereocenters. The van der Waals surface area contributed by atoms with E-state index in [9.17, 15) is 0 Å². The third-order valence-corrected chi connectivity index (χ3v) is 6.85. The van der Waals surface area contributed by atoms with Crippen LogP contribution in [0.1, 0.15) is 155 Å².